The van der Waals surface area contributed by atoms with Crippen molar-refractivity contribution in [3.63, 3.8) is 0 Å². The zero-order valence-corrected chi connectivity index (χ0v) is 13.2. The second-order valence-corrected chi connectivity index (χ2v) is 5.92. The van der Waals surface area contributed by atoms with Gasteiger partial charge in [0.2, 0.25) is 0 Å². The van der Waals surface area contributed by atoms with E-state index in [0.717, 1.165) is 13.1 Å². The monoisotopic (exact) mass is 275 g/mol. The van der Waals surface area contributed by atoms with Crippen LogP contribution in [0.3, 0.4) is 0 Å². The fraction of sp³-hybridized carbons (Fsp3) is 0.647. The lowest BCUT2D eigenvalue weighted by atomic mass is 10.0. The van der Waals surface area contributed by atoms with Crippen molar-refractivity contribution in [2.24, 2.45) is 0 Å². The van der Waals surface area contributed by atoms with Crippen LogP contribution in [0.15, 0.2) is 24.3 Å². The maximum absolute atomic E-state index is 3.66. The van der Waals surface area contributed by atoms with Gasteiger partial charge in [-0.2, -0.15) is 0 Å². The van der Waals surface area contributed by atoms with E-state index in [-0.39, 0.29) is 0 Å². The summed E-state index contributed by atoms with van der Waals surface area (Å²) >= 11 is 0. The topological polar surface area (TPSA) is 18.5 Å². The lowest BCUT2D eigenvalue weighted by Crippen LogP contribution is -2.37. The van der Waals surface area contributed by atoms with Gasteiger partial charge in [-0.05, 0) is 51.2 Å². The number of nitrogens with zero attached hydrogens (tertiary/aromatic N) is 2. The van der Waals surface area contributed by atoms with E-state index in [0.29, 0.717) is 6.04 Å². The largest absolute Gasteiger partial charge is 0.309 e. The van der Waals surface area contributed by atoms with Crippen molar-refractivity contribution < 1.29 is 0 Å². The SMILES string of the molecule is CCNC(CN1CCCN(C)CC1)c1ccccc1C. The first-order valence-electron chi connectivity index (χ1n) is 7.90. The van der Waals surface area contributed by atoms with Gasteiger partial charge >= 0.3 is 0 Å². The Kier molecular flexibility index (Phi) is 6.02. The minimum Gasteiger partial charge on any atom is -0.309 e. The van der Waals surface area contributed by atoms with E-state index >= 15 is 0 Å². The van der Waals surface area contributed by atoms with Gasteiger partial charge in [0.05, 0.1) is 0 Å². The number of hydrogen-bond acceptors (Lipinski definition) is 3. The fourth-order valence-corrected chi connectivity index (χ4v) is 3.04. The highest BCUT2D eigenvalue weighted by Crippen LogP contribution is 2.19. The standard InChI is InChI=1S/C17H29N3/c1-4-18-17(16-9-6-5-8-15(16)2)14-20-11-7-10-19(3)12-13-20/h5-6,8-9,17-18H,4,7,10-14H2,1-3H3. The van der Waals surface area contributed by atoms with Gasteiger partial charge in [-0.15, -0.1) is 0 Å². The molecule has 112 valence electrons. The molecule has 0 spiro atoms. The maximum Gasteiger partial charge on any atom is 0.0451 e. The molecule has 1 aliphatic rings. The summed E-state index contributed by atoms with van der Waals surface area (Å²) < 4.78 is 0. The van der Waals surface area contributed by atoms with Crippen molar-refractivity contribution in [2.75, 3.05) is 46.3 Å². The molecule has 0 amide bonds. The number of rotatable bonds is 5. The minimum absolute atomic E-state index is 0.449. The maximum atomic E-state index is 3.66. The third-order valence-corrected chi connectivity index (χ3v) is 4.27. The molecular formula is C17H29N3. The molecule has 1 fully saturated rings. The van der Waals surface area contributed by atoms with Crippen LogP contribution in [0.25, 0.3) is 0 Å². The number of hydrogen-bond donors (Lipinski definition) is 1. The van der Waals surface area contributed by atoms with Gasteiger partial charge < -0.3 is 15.1 Å². The van der Waals surface area contributed by atoms with Crippen LogP contribution >= 0.6 is 0 Å². The molecule has 3 heteroatoms. The number of benzene rings is 1. The number of likely N-dealkylation sites (N-methyl/N-ethyl adjacent to an activating group) is 2. The zero-order valence-electron chi connectivity index (χ0n) is 13.2. The lowest BCUT2D eigenvalue weighted by Gasteiger charge is -2.28. The normalized spacial score (nSPS) is 19.8. The van der Waals surface area contributed by atoms with Crippen molar-refractivity contribution in [2.45, 2.75) is 26.3 Å². The van der Waals surface area contributed by atoms with Gasteiger partial charge in [0, 0.05) is 25.7 Å². The van der Waals surface area contributed by atoms with Gasteiger partial charge in [0.25, 0.3) is 0 Å². The first-order chi connectivity index (χ1) is 9.70. The molecule has 0 bridgehead atoms. The summed E-state index contributed by atoms with van der Waals surface area (Å²) in [6.45, 7) is 11.4. The summed E-state index contributed by atoms with van der Waals surface area (Å²) in [6.07, 6.45) is 1.28. The predicted octanol–water partition coefficient (Wildman–Crippen LogP) is 2.28. The predicted molar refractivity (Wildman–Crippen MR) is 86.2 cm³/mol. The lowest BCUT2D eigenvalue weighted by molar-refractivity contribution is 0.248. The highest BCUT2D eigenvalue weighted by molar-refractivity contribution is 5.29. The average molecular weight is 275 g/mol. The second kappa shape index (κ2) is 7.77. The highest BCUT2D eigenvalue weighted by atomic mass is 15.2. The van der Waals surface area contributed by atoms with Gasteiger partial charge in [0.1, 0.15) is 0 Å². The van der Waals surface area contributed by atoms with Crippen LogP contribution in [0.1, 0.15) is 30.5 Å². The molecule has 0 radical (unpaired) electrons. The van der Waals surface area contributed by atoms with Gasteiger partial charge in [-0.3, -0.25) is 0 Å². The van der Waals surface area contributed by atoms with Crippen molar-refractivity contribution in [3.05, 3.63) is 35.4 Å². The smallest absolute Gasteiger partial charge is 0.0451 e. The van der Waals surface area contributed by atoms with Crippen LogP contribution < -0.4 is 5.32 Å². The summed E-state index contributed by atoms with van der Waals surface area (Å²) in [4.78, 5) is 5.05. The van der Waals surface area contributed by atoms with Gasteiger partial charge in [0.15, 0.2) is 0 Å². The molecule has 0 aliphatic carbocycles. The third kappa shape index (κ3) is 4.30. The Morgan fingerprint density at radius 3 is 2.70 bits per heavy atom. The molecule has 1 saturated heterocycles. The average Bonchev–Trinajstić information content (AvgIpc) is 2.64. The van der Waals surface area contributed by atoms with Crippen molar-refractivity contribution in [1.82, 2.24) is 15.1 Å². The number of aryl methyl sites for hydroxylation is 1. The molecule has 0 aromatic heterocycles. The van der Waals surface area contributed by atoms with E-state index in [9.17, 15) is 0 Å². The molecular weight excluding hydrogens is 246 g/mol. The van der Waals surface area contributed by atoms with Crippen LogP contribution in [0.2, 0.25) is 0 Å². The molecule has 2 rings (SSSR count). The molecule has 1 aromatic rings. The minimum atomic E-state index is 0.449. The molecule has 0 saturated carbocycles. The molecule has 1 aromatic carbocycles. The second-order valence-electron chi connectivity index (χ2n) is 5.92. The van der Waals surface area contributed by atoms with Crippen LogP contribution in [0.4, 0.5) is 0 Å². The van der Waals surface area contributed by atoms with Crippen LogP contribution in [-0.4, -0.2) is 56.1 Å². The summed E-state index contributed by atoms with van der Waals surface area (Å²) in [5.74, 6) is 0. The summed E-state index contributed by atoms with van der Waals surface area (Å²) in [5.41, 5.74) is 2.84. The highest BCUT2D eigenvalue weighted by Gasteiger charge is 2.18. The van der Waals surface area contributed by atoms with E-state index in [1.54, 1.807) is 0 Å². The molecule has 1 unspecified atom stereocenters. The van der Waals surface area contributed by atoms with E-state index in [2.05, 4.69) is 60.3 Å². The van der Waals surface area contributed by atoms with Crippen molar-refractivity contribution in [3.8, 4) is 0 Å². The Bertz CT molecular complexity index is 405. The van der Waals surface area contributed by atoms with Gasteiger partial charge in [-0.25, -0.2) is 0 Å². The Morgan fingerprint density at radius 2 is 1.95 bits per heavy atom. The molecule has 3 nitrogen and oxygen atoms in total. The third-order valence-electron chi connectivity index (χ3n) is 4.27. The zero-order chi connectivity index (χ0) is 14.4. The van der Waals surface area contributed by atoms with E-state index in [1.165, 1.54) is 43.7 Å². The Balaban J connectivity index is 2.03. The molecule has 1 heterocycles. The quantitative estimate of drug-likeness (QED) is 0.889. The molecule has 1 atom stereocenters. The summed E-state index contributed by atoms with van der Waals surface area (Å²) in [6, 6.07) is 9.22. The first kappa shape index (κ1) is 15.5. The van der Waals surface area contributed by atoms with E-state index in [4.69, 9.17) is 0 Å². The van der Waals surface area contributed by atoms with Crippen LogP contribution in [0.5, 0.6) is 0 Å². The molecule has 1 aliphatic heterocycles. The Hall–Kier alpha value is -0.900. The van der Waals surface area contributed by atoms with Crippen molar-refractivity contribution >= 4 is 0 Å². The van der Waals surface area contributed by atoms with Crippen molar-refractivity contribution in [1.29, 1.82) is 0 Å². The number of nitrogens with one attached hydrogen (secondary N) is 1. The first-order valence-corrected chi connectivity index (χ1v) is 7.90. The van der Waals surface area contributed by atoms with Gasteiger partial charge in [-0.1, -0.05) is 31.2 Å². The van der Waals surface area contributed by atoms with Crippen LogP contribution in [0, 0.1) is 6.92 Å². The summed E-state index contributed by atoms with van der Waals surface area (Å²) in [5, 5.41) is 3.66. The van der Waals surface area contributed by atoms with E-state index in [1.807, 2.05) is 0 Å². The Morgan fingerprint density at radius 1 is 1.15 bits per heavy atom. The molecule has 1 N–H and O–H groups in total. The van der Waals surface area contributed by atoms with Crippen LogP contribution in [-0.2, 0) is 0 Å². The molecule has 20 heavy (non-hydrogen) atoms. The Labute approximate surface area is 124 Å². The fourth-order valence-electron chi connectivity index (χ4n) is 3.04. The summed E-state index contributed by atoms with van der Waals surface area (Å²) in [7, 11) is 2.23. The van der Waals surface area contributed by atoms with E-state index < -0.39 is 0 Å².